The molecular formula is C57H39N5. The SMILES string of the molecule is c1ccc(-c2ccc(-c3cccc(-n4c5ccccc5c5ccc(N(c6ccc(-c7ccccc7)cc6)c6nc(-c7ccccc7)nc(-c7ccccc7)n6)cc54)c3)cc2)cc1. The molecule has 2 aromatic heterocycles. The number of benzene rings is 9. The van der Waals surface area contributed by atoms with Crippen molar-refractivity contribution in [3.8, 4) is 61.8 Å². The van der Waals surface area contributed by atoms with Crippen molar-refractivity contribution in [3.63, 3.8) is 0 Å². The lowest BCUT2D eigenvalue weighted by molar-refractivity contribution is 1.02. The van der Waals surface area contributed by atoms with Crippen molar-refractivity contribution in [2.45, 2.75) is 0 Å². The third-order valence-corrected chi connectivity index (χ3v) is 11.5. The summed E-state index contributed by atoms with van der Waals surface area (Å²) in [7, 11) is 0. The van der Waals surface area contributed by atoms with Gasteiger partial charge in [-0.1, -0.05) is 194 Å². The van der Waals surface area contributed by atoms with Crippen molar-refractivity contribution < 1.29 is 0 Å². The lowest BCUT2D eigenvalue weighted by Gasteiger charge is -2.24. The molecule has 2 heterocycles. The van der Waals surface area contributed by atoms with Crippen molar-refractivity contribution in [1.82, 2.24) is 19.5 Å². The van der Waals surface area contributed by atoms with Crippen LogP contribution in [-0.4, -0.2) is 19.5 Å². The van der Waals surface area contributed by atoms with E-state index in [1.807, 2.05) is 66.7 Å². The van der Waals surface area contributed by atoms with Crippen molar-refractivity contribution in [2.24, 2.45) is 0 Å². The number of aromatic nitrogens is 4. The Balaban J connectivity index is 1.09. The predicted octanol–water partition coefficient (Wildman–Crippen LogP) is 14.8. The van der Waals surface area contributed by atoms with E-state index in [1.165, 1.54) is 16.5 Å². The maximum absolute atomic E-state index is 5.23. The molecule has 0 aliphatic rings. The van der Waals surface area contributed by atoms with Crippen molar-refractivity contribution in [1.29, 1.82) is 0 Å². The fourth-order valence-corrected chi connectivity index (χ4v) is 8.40. The number of anilines is 3. The molecule has 0 aliphatic carbocycles. The van der Waals surface area contributed by atoms with Crippen LogP contribution in [0.4, 0.5) is 17.3 Å². The molecule has 0 bridgehead atoms. The van der Waals surface area contributed by atoms with Gasteiger partial charge in [-0.05, 0) is 75.8 Å². The lowest BCUT2D eigenvalue weighted by atomic mass is 10.00. The van der Waals surface area contributed by atoms with Crippen LogP contribution in [-0.2, 0) is 0 Å². The van der Waals surface area contributed by atoms with Gasteiger partial charge in [0.25, 0.3) is 0 Å². The summed E-state index contributed by atoms with van der Waals surface area (Å²) in [4.78, 5) is 17.7. The van der Waals surface area contributed by atoms with E-state index in [2.05, 4.69) is 179 Å². The minimum atomic E-state index is 0.521. The monoisotopic (exact) mass is 793 g/mol. The highest BCUT2D eigenvalue weighted by Crippen LogP contribution is 2.40. The minimum Gasteiger partial charge on any atom is -0.309 e. The predicted molar refractivity (Wildman–Crippen MR) is 256 cm³/mol. The Bertz CT molecular complexity index is 3250. The molecule has 292 valence electrons. The van der Waals surface area contributed by atoms with Crippen molar-refractivity contribution in [3.05, 3.63) is 237 Å². The van der Waals surface area contributed by atoms with E-state index in [0.717, 1.165) is 66.9 Å². The first-order valence-corrected chi connectivity index (χ1v) is 20.9. The van der Waals surface area contributed by atoms with Crippen LogP contribution < -0.4 is 4.90 Å². The van der Waals surface area contributed by atoms with Crippen LogP contribution in [0.2, 0.25) is 0 Å². The lowest BCUT2D eigenvalue weighted by Crippen LogP contribution is -2.15. The molecule has 0 fully saturated rings. The van der Waals surface area contributed by atoms with Crippen LogP contribution in [0, 0.1) is 0 Å². The smallest absolute Gasteiger partial charge is 0.238 e. The fraction of sp³-hybridized carbons (Fsp3) is 0. The summed E-state index contributed by atoms with van der Waals surface area (Å²) in [6, 6.07) is 82.9. The Morgan fingerprint density at radius 1 is 0.290 bits per heavy atom. The van der Waals surface area contributed by atoms with Gasteiger partial charge in [-0.15, -0.1) is 0 Å². The highest BCUT2D eigenvalue weighted by molar-refractivity contribution is 6.10. The first-order valence-electron chi connectivity index (χ1n) is 20.9. The molecule has 0 saturated carbocycles. The molecule has 0 atom stereocenters. The Morgan fingerprint density at radius 2 is 0.726 bits per heavy atom. The zero-order chi connectivity index (χ0) is 41.2. The van der Waals surface area contributed by atoms with E-state index in [9.17, 15) is 0 Å². The Morgan fingerprint density at radius 3 is 1.31 bits per heavy atom. The summed E-state index contributed by atoms with van der Waals surface area (Å²) in [5.74, 6) is 1.72. The first-order chi connectivity index (χ1) is 30.7. The Hall–Kier alpha value is -8.41. The van der Waals surface area contributed by atoms with Gasteiger partial charge in [0, 0.05) is 33.3 Å². The van der Waals surface area contributed by atoms with Crippen LogP contribution in [0.15, 0.2) is 237 Å². The average Bonchev–Trinajstić information content (AvgIpc) is 3.69. The van der Waals surface area contributed by atoms with E-state index in [0.29, 0.717) is 17.6 Å². The molecular weight excluding hydrogens is 755 g/mol. The molecule has 0 unspecified atom stereocenters. The van der Waals surface area contributed by atoms with E-state index in [4.69, 9.17) is 15.0 Å². The van der Waals surface area contributed by atoms with Crippen molar-refractivity contribution >= 4 is 39.1 Å². The van der Waals surface area contributed by atoms with E-state index in [-0.39, 0.29) is 0 Å². The molecule has 62 heavy (non-hydrogen) atoms. The first kappa shape index (κ1) is 36.7. The van der Waals surface area contributed by atoms with Crippen LogP contribution in [0.3, 0.4) is 0 Å². The second-order valence-electron chi connectivity index (χ2n) is 15.3. The summed E-state index contributed by atoms with van der Waals surface area (Å²) in [6.07, 6.45) is 0. The van der Waals surface area contributed by atoms with Crippen molar-refractivity contribution in [2.75, 3.05) is 4.90 Å². The van der Waals surface area contributed by atoms with Crippen LogP contribution in [0.5, 0.6) is 0 Å². The van der Waals surface area contributed by atoms with E-state index < -0.39 is 0 Å². The Kier molecular flexibility index (Phi) is 9.45. The van der Waals surface area contributed by atoms with Gasteiger partial charge in [-0.25, -0.2) is 4.98 Å². The quantitative estimate of drug-likeness (QED) is 0.146. The number of nitrogens with zero attached hydrogens (tertiary/aromatic N) is 5. The zero-order valence-electron chi connectivity index (χ0n) is 33.8. The standard InChI is InChI=1S/C57H39N5/c1-5-16-40(17-6-1)42-28-30-44(31-29-42)47-24-15-25-49(38-47)62-53-27-14-13-26-51(53)52-37-36-50(39-54(52)62)61(48-34-32-43(33-35-48)41-18-7-2-8-19-41)57-59-55(45-20-9-3-10-21-45)58-56(60-57)46-22-11-4-12-23-46/h1-39H. The van der Waals surface area contributed by atoms with Crippen LogP contribution >= 0.6 is 0 Å². The molecule has 0 aliphatic heterocycles. The number of fused-ring (bicyclic) bond motifs is 3. The second-order valence-corrected chi connectivity index (χ2v) is 15.3. The summed E-state index contributed by atoms with van der Waals surface area (Å²) < 4.78 is 2.38. The van der Waals surface area contributed by atoms with Gasteiger partial charge < -0.3 is 4.57 Å². The molecule has 11 aromatic rings. The Labute approximate surface area is 360 Å². The molecule has 0 N–H and O–H groups in total. The normalized spacial score (nSPS) is 11.2. The number of rotatable bonds is 9. The highest BCUT2D eigenvalue weighted by atomic mass is 15.3. The fourth-order valence-electron chi connectivity index (χ4n) is 8.40. The molecule has 0 saturated heterocycles. The molecule has 11 rings (SSSR count). The zero-order valence-corrected chi connectivity index (χ0v) is 33.8. The maximum atomic E-state index is 5.23. The highest BCUT2D eigenvalue weighted by Gasteiger charge is 2.22. The van der Waals surface area contributed by atoms with Gasteiger partial charge in [0.1, 0.15) is 0 Å². The molecule has 5 heteroatoms. The van der Waals surface area contributed by atoms with Gasteiger partial charge in [-0.2, -0.15) is 9.97 Å². The molecule has 0 spiro atoms. The summed E-state index contributed by atoms with van der Waals surface area (Å²) in [5.41, 5.74) is 14.0. The molecule has 5 nitrogen and oxygen atoms in total. The summed E-state index contributed by atoms with van der Waals surface area (Å²) in [5, 5.41) is 2.34. The molecule has 0 amide bonds. The van der Waals surface area contributed by atoms with Gasteiger partial charge in [0.05, 0.1) is 16.7 Å². The second kappa shape index (κ2) is 16.0. The summed E-state index contributed by atoms with van der Waals surface area (Å²) in [6.45, 7) is 0. The van der Waals surface area contributed by atoms with Gasteiger partial charge >= 0.3 is 0 Å². The van der Waals surface area contributed by atoms with Gasteiger partial charge in [0.15, 0.2) is 11.6 Å². The molecule has 0 radical (unpaired) electrons. The van der Waals surface area contributed by atoms with Crippen LogP contribution in [0.25, 0.3) is 83.6 Å². The van der Waals surface area contributed by atoms with Gasteiger partial charge in [-0.3, -0.25) is 4.90 Å². The third kappa shape index (κ3) is 6.97. The number of hydrogen-bond acceptors (Lipinski definition) is 4. The van der Waals surface area contributed by atoms with E-state index in [1.54, 1.807) is 0 Å². The van der Waals surface area contributed by atoms with Gasteiger partial charge in [0.2, 0.25) is 5.95 Å². The largest absolute Gasteiger partial charge is 0.309 e. The molecule has 9 aromatic carbocycles. The third-order valence-electron chi connectivity index (χ3n) is 11.5. The maximum Gasteiger partial charge on any atom is 0.238 e. The average molecular weight is 794 g/mol. The summed E-state index contributed by atoms with van der Waals surface area (Å²) >= 11 is 0. The number of hydrogen-bond donors (Lipinski definition) is 0. The topological polar surface area (TPSA) is 46.8 Å². The number of para-hydroxylation sites is 1. The minimum absolute atomic E-state index is 0.521. The van der Waals surface area contributed by atoms with Crippen LogP contribution in [0.1, 0.15) is 0 Å². The van der Waals surface area contributed by atoms with E-state index >= 15 is 0 Å².